The Morgan fingerprint density at radius 3 is 1.79 bits per heavy atom. The molecule has 2 nitrogen and oxygen atoms in total. The zero-order chi connectivity index (χ0) is 17.5. The largest absolute Gasteiger partial charge is 0.378 e. The summed E-state index contributed by atoms with van der Waals surface area (Å²) >= 11 is 0. The van der Waals surface area contributed by atoms with E-state index in [0.717, 1.165) is 12.8 Å². The normalized spacial score (nSPS) is 12.4. The van der Waals surface area contributed by atoms with E-state index in [1.165, 1.54) is 22.5 Å². The zero-order valence-electron chi connectivity index (χ0n) is 15.7. The smallest absolute Gasteiger partial charge is 0.0361 e. The van der Waals surface area contributed by atoms with Gasteiger partial charge in [0.2, 0.25) is 0 Å². The lowest BCUT2D eigenvalue weighted by Gasteiger charge is -2.14. The first-order chi connectivity index (χ1) is 11.5. The summed E-state index contributed by atoms with van der Waals surface area (Å²) in [6.07, 6.45) is 6.75. The van der Waals surface area contributed by atoms with Crippen molar-refractivity contribution in [3.05, 3.63) is 65.7 Å². The summed E-state index contributed by atoms with van der Waals surface area (Å²) in [4.78, 5) is 4.26. The Kier molecular flexibility index (Phi) is 6.48. The number of benzene rings is 2. The Bertz CT molecular complexity index is 637. The molecule has 0 fully saturated rings. The van der Waals surface area contributed by atoms with Crippen molar-refractivity contribution >= 4 is 17.5 Å². The lowest BCUT2D eigenvalue weighted by Crippen LogP contribution is -2.08. The van der Waals surface area contributed by atoms with Gasteiger partial charge in [-0.2, -0.15) is 0 Å². The summed E-state index contributed by atoms with van der Waals surface area (Å²) in [5.41, 5.74) is 5.18. The van der Waals surface area contributed by atoms with E-state index < -0.39 is 0 Å². The highest BCUT2D eigenvalue weighted by molar-refractivity contribution is 5.55. The van der Waals surface area contributed by atoms with E-state index >= 15 is 0 Å². The molecule has 0 aliphatic rings. The molecule has 0 radical (unpaired) electrons. The van der Waals surface area contributed by atoms with Crippen LogP contribution in [0, 0.1) is 5.92 Å². The van der Waals surface area contributed by atoms with Crippen LogP contribution in [-0.2, 0) is 6.42 Å². The summed E-state index contributed by atoms with van der Waals surface area (Å²) in [6.45, 7) is 2.32. The van der Waals surface area contributed by atoms with Crippen LogP contribution in [-0.4, -0.2) is 28.2 Å². The van der Waals surface area contributed by atoms with E-state index in [4.69, 9.17) is 0 Å². The number of hydrogen-bond donors (Lipinski definition) is 0. The second-order valence-corrected chi connectivity index (χ2v) is 6.99. The van der Waals surface area contributed by atoms with E-state index in [1.807, 2.05) is 0 Å². The standard InChI is InChI=1S/C22H30N2/c1-18(17-20-11-15-22(16-12-20)24(4)5)7-6-8-19-9-13-21(14-10-19)23(2)3/h6,8-16,18H,7,17H2,1-5H3. The first-order valence-corrected chi connectivity index (χ1v) is 8.66. The molecule has 2 rings (SSSR count). The van der Waals surface area contributed by atoms with Gasteiger partial charge in [-0.05, 0) is 54.2 Å². The van der Waals surface area contributed by atoms with Crippen molar-refractivity contribution in [2.75, 3.05) is 38.0 Å². The van der Waals surface area contributed by atoms with Gasteiger partial charge in [0.25, 0.3) is 0 Å². The average Bonchev–Trinajstić information content (AvgIpc) is 2.55. The van der Waals surface area contributed by atoms with Gasteiger partial charge in [-0.25, -0.2) is 0 Å². The van der Waals surface area contributed by atoms with Gasteiger partial charge in [0.1, 0.15) is 0 Å². The van der Waals surface area contributed by atoms with Crippen LogP contribution in [0.2, 0.25) is 0 Å². The van der Waals surface area contributed by atoms with Crippen molar-refractivity contribution < 1.29 is 0 Å². The number of anilines is 2. The lowest BCUT2D eigenvalue weighted by atomic mass is 9.97. The lowest BCUT2D eigenvalue weighted by molar-refractivity contribution is 0.591. The van der Waals surface area contributed by atoms with Crippen LogP contribution in [0.4, 0.5) is 11.4 Å². The van der Waals surface area contributed by atoms with Crippen LogP contribution in [0.25, 0.3) is 6.08 Å². The maximum atomic E-state index is 2.32. The Labute approximate surface area is 147 Å². The second-order valence-electron chi connectivity index (χ2n) is 6.99. The quantitative estimate of drug-likeness (QED) is 0.699. The molecule has 1 atom stereocenters. The Morgan fingerprint density at radius 1 is 0.792 bits per heavy atom. The number of rotatable bonds is 7. The average molecular weight is 322 g/mol. The molecule has 0 spiro atoms. The molecule has 1 unspecified atom stereocenters. The van der Waals surface area contributed by atoms with Gasteiger partial charge in [-0.3, -0.25) is 0 Å². The van der Waals surface area contributed by atoms with Gasteiger partial charge in [0.15, 0.2) is 0 Å². The fraction of sp³-hybridized carbons (Fsp3) is 0.364. The SMILES string of the molecule is CC(CC=Cc1ccc(N(C)C)cc1)Cc1ccc(N(C)C)cc1. The molecule has 0 saturated carbocycles. The predicted octanol–water partition coefficient (Wildman–Crippen LogP) is 5.10. The van der Waals surface area contributed by atoms with Gasteiger partial charge in [-0.1, -0.05) is 43.3 Å². The topological polar surface area (TPSA) is 6.48 Å². The van der Waals surface area contributed by atoms with E-state index in [0.29, 0.717) is 5.92 Å². The third kappa shape index (κ3) is 5.45. The molecular weight excluding hydrogens is 292 g/mol. The third-order valence-electron chi connectivity index (χ3n) is 4.30. The molecule has 0 N–H and O–H groups in total. The number of hydrogen-bond acceptors (Lipinski definition) is 2. The van der Waals surface area contributed by atoms with E-state index in [9.17, 15) is 0 Å². The monoisotopic (exact) mass is 322 g/mol. The second kappa shape index (κ2) is 8.58. The van der Waals surface area contributed by atoms with Crippen LogP contribution < -0.4 is 9.80 Å². The maximum absolute atomic E-state index is 2.32. The first-order valence-electron chi connectivity index (χ1n) is 8.66. The van der Waals surface area contributed by atoms with Crippen molar-refractivity contribution in [2.24, 2.45) is 5.92 Å². The molecule has 2 aromatic carbocycles. The molecule has 0 aliphatic heterocycles. The van der Waals surface area contributed by atoms with Crippen LogP contribution >= 0.6 is 0 Å². The van der Waals surface area contributed by atoms with Gasteiger partial charge in [-0.15, -0.1) is 0 Å². The minimum atomic E-state index is 0.646. The molecule has 0 saturated heterocycles. The number of nitrogens with zero attached hydrogens (tertiary/aromatic N) is 2. The minimum absolute atomic E-state index is 0.646. The summed E-state index contributed by atoms with van der Waals surface area (Å²) in [5, 5.41) is 0. The Balaban J connectivity index is 1.84. The van der Waals surface area contributed by atoms with Gasteiger partial charge in [0.05, 0.1) is 0 Å². The molecule has 128 valence electrons. The molecule has 24 heavy (non-hydrogen) atoms. The van der Waals surface area contributed by atoms with Crippen molar-refractivity contribution in [2.45, 2.75) is 19.8 Å². The first kappa shape index (κ1) is 18.1. The summed E-state index contributed by atoms with van der Waals surface area (Å²) in [6, 6.07) is 17.6. The highest BCUT2D eigenvalue weighted by atomic mass is 15.1. The van der Waals surface area contributed by atoms with Crippen molar-refractivity contribution in [1.82, 2.24) is 0 Å². The van der Waals surface area contributed by atoms with Crippen LogP contribution in [0.1, 0.15) is 24.5 Å². The van der Waals surface area contributed by atoms with E-state index in [1.54, 1.807) is 0 Å². The molecule has 0 aromatic heterocycles. The summed E-state index contributed by atoms with van der Waals surface area (Å²) < 4.78 is 0. The van der Waals surface area contributed by atoms with Gasteiger partial charge < -0.3 is 9.80 Å². The molecule has 0 heterocycles. The summed E-state index contributed by atoms with van der Waals surface area (Å²) in [7, 11) is 8.29. The van der Waals surface area contributed by atoms with Crippen LogP contribution in [0.15, 0.2) is 54.6 Å². The van der Waals surface area contributed by atoms with Crippen molar-refractivity contribution in [1.29, 1.82) is 0 Å². The zero-order valence-corrected chi connectivity index (χ0v) is 15.7. The Morgan fingerprint density at radius 2 is 1.29 bits per heavy atom. The fourth-order valence-electron chi connectivity index (χ4n) is 2.74. The van der Waals surface area contributed by atoms with Crippen molar-refractivity contribution in [3.63, 3.8) is 0 Å². The third-order valence-corrected chi connectivity index (χ3v) is 4.30. The highest BCUT2D eigenvalue weighted by Crippen LogP contribution is 2.18. The fourth-order valence-corrected chi connectivity index (χ4v) is 2.74. The minimum Gasteiger partial charge on any atom is -0.378 e. The maximum Gasteiger partial charge on any atom is 0.0361 e. The predicted molar refractivity (Wildman–Crippen MR) is 108 cm³/mol. The molecule has 0 aliphatic carbocycles. The molecule has 0 amide bonds. The molecule has 0 bridgehead atoms. The van der Waals surface area contributed by atoms with Gasteiger partial charge in [0, 0.05) is 39.6 Å². The Hall–Kier alpha value is -2.22. The molecule has 2 heteroatoms. The molecular formula is C22H30N2. The number of allylic oxidation sites excluding steroid dienone is 1. The van der Waals surface area contributed by atoms with E-state index in [2.05, 4.69) is 106 Å². The van der Waals surface area contributed by atoms with Crippen LogP contribution in [0.3, 0.4) is 0 Å². The van der Waals surface area contributed by atoms with Crippen molar-refractivity contribution in [3.8, 4) is 0 Å². The van der Waals surface area contributed by atoms with E-state index in [-0.39, 0.29) is 0 Å². The van der Waals surface area contributed by atoms with Gasteiger partial charge >= 0.3 is 0 Å². The summed E-state index contributed by atoms with van der Waals surface area (Å²) in [5.74, 6) is 0.646. The highest BCUT2D eigenvalue weighted by Gasteiger charge is 2.03. The molecule has 2 aromatic rings. The van der Waals surface area contributed by atoms with Crippen LogP contribution in [0.5, 0.6) is 0 Å².